The molecule has 4 nitrogen and oxygen atoms in total. The fourth-order valence-corrected chi connectivity index (χ4v) is 2.86. The number of hydrogen-bond acceptors (Lipinski definition) is 2. The predicted molar refractivity (Wildman–Crippen MR) is 109 cm³/mol. The summed E-state index contributed by atoms with van der Waals surface area (Å²) in [7, 11) is 0. The summed E-state index contributed by atoms with van der Waals surface area (Å²) in [6.45, 7) is 2.05. The second-order valence-electron chi connectivity index (χ2n) is 6.39. The van der Waals surface area contributed by atoms with Gasteiger partial charge < -0.3 is 10.3 Å². The number of amides is 1. The van der Waals surface area contributed by atoms with Crippen molar-refractivity contribution in [2.45, 2.75) is 6.92 Å². The highest BCUT2D eigenvalue weighted by molar-refractivity contribution is 6.01. The fraction of sp³-hybridized carbons (Fsp3) is 0.0435. The van der Waals surface area contributed by atoms with Gasteiger partial charge in [0.2, 0.25) is 0 Å². The molecule has 0 aliphatic carbocycles. The average Bonchev–Trinajstić information content (AvgIpc) is 3.14. The van der Waals surface area contributed by atoms with Crippen LogP contribution < -0.4 is 5.32 Å². The molecule has 27 heavy (non-hydrogen) atoms. The van der Waals surface area contributed by atoms with Crippen molar-refractivity contribution in [3.05, 3.63) is 101 Å². The summed E-state index contributed by atoms with van der Waals surface area (Å²) < 4.78 is 0. The topological polar surface area (TPSA) is 57.8 Å². The summed E-state index contributed by atoms with van der Waals surface area (Å²) in [5, 5.41) is 3.00. The first-order valence-electron chi connectivity index (χ1n) is 8.79. The van der Waals surface area contributed by atoms with Gasteiger partial charge in [-0.25, -0.2) is 4.98 Å². The number of aromatic nitrogens is 2. The van der Waals surface area contributed by atoms with Crippen molar-refractivity contribution in [2.75, 3.05) is 0 Å². The minimum Gasteiger partial charge on any atom is -0.337 e. The van der Waals surface area contributed by atoms with Gasteiger partial charge in [0.05, 0.1) is 16.7 Å². The second-order valence-corrected chi connectivity index (χ2v) is 6.39. The number of carbonyl (C=O) groups is 1. The van der Waals surface area contributed by atoms with Crippen LogP contribution in [0.25, 0.3) is 22.8 Å². The average molecular weight is 353 g/mol. The number of hydrogen-bond donors (Lipinski definition) is 2. The molecule has 4 rings (SSSR count). The summed E-state index contributed by atoms with van der Waals surface area (Å²) in [4.78, 5) is 20.6. The van der Waals surface area contributed by atoms with Crippen LogP contribution in [0.15, 0.2) is 78.9 Å². The smallest absolute Gasteiger partial charge is 0.255 e. The standard InChI is InChI=1S/C23H19N3O/c1-16-11-13-17(14-12-16)15-21(26-23(27)18-7-3-2-4-8-18)22-24-19-9-5-6-10-20(19)25-22/h2-15H,1H3,(H,24,25)(H,26,27)/b21-15+. The Morgan fingerprint density at radius 1 is 0.926 bits per heavy atom. The van der Waals surface area contributed by atoms with Crippen LogP contribution in [0, 0.1) is 6.92 Å². The number of aromatic amines is 1. The zero-order valence-corrected chi connectivity index (χ0v) is 14.9. The Bertz CT molecular complexity index is 1080. The minimum absolute atomic E-state index is 0.172. The van der Waals surface area contributed by atoms with Gasteiger partial charge in [0.15, 0.2) is 5.82 Å². The van der Waals surface area contributed by atoms with Crippen LogP contribution >= 0.6 is 0 Å². The maximum absolute atomic E-state index is 12.7. The number of aryl methyl sites for hydroxylation is 1. The molecule has 0 fully saturated rings. The Balaban J connectivity index is 1.74. The SMILES string of the molecule is Cc1ccc(/C=C(/NC(=O)c2ccccc2)c2nc3ccccc3[nH]2)cc1. The number of benzene rings is 3. The molecule has 0 spiro atoms. The van der Waals surface area contributed by atoms with E-state index in [1.165, 1.54) is 5.56 Å². The number of nitrogens with one attached hydrogen (secondary N) is 2. The number of rotatable bonds is 4. The molecule has 2 N–H and O–H groups in total. The first-order valence-corrected chi connectivity index (χ1v) is 8.79. The van der Waals surface area contributed by atoms with Crippen molar-refractivity contribution >= 4 is 28.7 Å². The lowest BCUT2D eigenvalue weighted by Gasteiger charge is -2.08. The Kier molecular flexibility index (Phi) is 4.54. The molecule has 1 heterocycles. The third-order valence-corrected chi connectivity index (χ3v) is 4.32. The number of imidazole rings is 1. The molecule has 0 saturated heterocycles. The van der Waals surface area contributed by atoms with Crippen LogP contribution in [0.4, 0.5) is 0 Å². The minimum atomic E-state index is -0.172. The summed E-state index contributed by atoms with van der Waals surface area (Å²) in [6.07, 6.45) is 1.93. The third kappa shape index (κ3) is 3.80. The zero-order valence-electron chi connectivity index (χ0n) is 14.9. The first kappa shape index (κ1) is 16.8. The van der Waals surface area contributed by atoms with Crippen LogP contribution in [0.1, 0.15) is 27.3 Å². The molecule has 132 valence electrons. The Morgan fingerprint density at radius 2 is 1.63 bits per heavy atom. The molecule has 3 aromatic carbocycles. The third-order valence-electron chi connectivity index (χ3n) is 4.32. The Morgan fingerprint density at radius 3 is 2.37 bits per heavy atom. The van der Waals surface area contributed by atoms with Crippen LogP contribution in [-0.4, -0.2) is 15.9 Å². The monoisotopic (exact) mass is 353 g/mol. The van der Waals surface area contributed by atoms with E-state index >= 15 is 0 Å². The van der Waals surface area contributed by atoms with E-state index in [0.717, 1.165) is 16.6 Å². The van der Waals surface area contributed by atoms with E-state index < -0.39 is 0 Å². The number of carbonyl (C=O) groups excluding carboxylic acids is 1. The predicted octanol–water partition coefficient (Wildman–Crippen LogP) is 4.80. The molecule has 4 heteroatoms. The van der Waals surface area contributed by atoms with E-state index in [4.69, 9.17) is 0 Å². The van der Waals surface area contributed by atoms with E-state index in [-0.39, 0.29) is 5.91 Å². The van der Waals surface area contributed by atoms with Gasteiger partial charge in [0, 0.05) is 5.56 Å². The van der Waals surface area contributed by atoms with E-state index in [0.29, 0.717) is 17.1 Å². The van der Waals surface area contributed by atoms with Gasteiger partial charge in [-0.2, -0.15) is 0 Å². The van der Waals surface area contributed by atoms with Crippen molar-refractivity contribution in [1.29, 1.82) is 0 Å². The van der Waals surface area contributed by atoms with E-state index in [2.05, 4.69) is 15.3 Å². The highest BCUT2D eigenvalue weighted by Gasteiger charge is 2.13. The van der Waals surface area contributed by atoms with Gasteiger partial charge in [-0.15, -0.1) is 0 Å². The van der Waals surface area contributed by atoms with Crippen molar-refractivity contribution in [1.82, 2.24) is 15.3 Å². The fourth-order valence-electron chi connectivity index (χ4n) is 2.86. The second kappa shape index (κ2) is 7.30. The Hall–Kier alpha value is -3.66. The lowest BCUT2D eigenvalue weighted by Crippen LogP contribution is -2.22. The van der Waals surface area contributed by atoms with Gasteiger partial charge in [-0.3, -0.25) is 4.79 Å². The Labute approximate surface area is 157 Å². The highest BCUT2D eigenvalue weighted by Crippen LogP contribution is 2.19. The summed E-state index contributed by atoms with van der Waals surface area (Å²) in [5.74, 6) is 0.454. The lowest BCUT2D eigenvalue weighted by atomic mass is 10.1. The zero-order chi connectivity index (χ0) is 18.6. The van der Waals surface area contributed by atoms with Crippen LogP contribution in [-0.2, 0) is 0 Å². The quantitative estimate of drug-likeness (QED) is 0.554. The molecule has 4 aromatic rings. The summed E-state index contributed by atoms with van der Waals surface area (Å²) in [6, 6.07) is 25.1. The van der Waals surface area contributed by atoms with Crippen molar-refractivity contribution in [3.8, 4) is 0 Å². The molecule has 0 unspecified atom stereocenters. The van der Waals surface area contributed by atoms with Gasteiger partial charge >= 0.3 is 0 Å². The van der Waals surface area contributed by atoms with Crippen molar-refractivity contribution in [3.63, 3.8) is 0 Å². The van der Waals surface area contributed by atoms with Gasteiger partial charge in [0.25, 0.3) is 5.91 Å². The number of fused-ring (bicyclic) bond motifs is 1. The number of nitrogens with zero attached hydrogens (tertiary/aromatic N) is 1. The number of para-hydroxylation sites is 2. The molecule has 0 aliphatic heterocycles. The van der Waals surface area contributed by atoms with Crippen LogP contribution in [0.2, 0.25) is 0 Å². The maximum atomic E-state index is 12.7. The van der Waals surface area contributed by atoms with Crippen LogP contribution in [0.3, 0.4) is 0 Å². The summed E-state index contributed by atoms with van der Waals surface area (Å²) in [5.41, 5.74) is 5.19. The van der Waals surface area contributed by atoms with E-state index in [1.807, 2.05) is 79.7 Å². The molecule has 0 aliphatic rings. The molecular formula is C23H19N3O. The van der Waals surface area contributed by atoms with Crippen molar-refractivity contribution < 1.29 is 4.79 Å². The number of H-pyrrole nitrogens is 1. The van der Waals surface area contributed by atoms with Crippen molar-refractivity contribution in [2.24, 2.45) is 0 Å². The molecule has 0 saturated carbocycles. The largest absolute Gasteiger partial charge is 0.337 e. The normalized spacial score (nSPS) is 11.5. The lowest BCUT2D eigenvalue weighted by molar-refractivity contribution is 0.0973. The van der Waals surface area contributed by atoms with E-state index in [1.54, 1.807) is 12.1 Å². The summed E-state index contributed by atoms with van der Waals surface area (Å²) >= 11 is 0. The molecule has 0 radical (unpaired) electrons. The first-order chi connectivity index (χ1) is 13.2. The maximum Gasteiger partial charge on any atom is 0.255 e. The molecule has 0 atom stereocenters. The van der Waals surface area contributed by atoms with Gasteiger partial charge in [0.1, 0.15) is 0 Å². The molecule has 1 aromatic heterocycles. The van der Waals surface area contributed by atoms with Crippen LogP contribution in [0.5, 0.6) is 0 Å². The molecule has 1 amide bonds. The molecule has 0 bridgehead atoms. The van der Waals surface area contributed by atoms with E-state index in [9.17, 15) is 4.79 Å². The van der Waals surface area contributed by atoms with Gasteiger partial charge in [-0.05, 0) is 42.8 Å². The molecular weight excluding hydrogens is 334 g/mol. The van der Waals surface area contributed by atoms with Gasteiger partial charge in [-0.1, -0.05) is 60.2 Å². The highest BCUT2D eigenvalue weighted by atomic mass is 16.1.